The molecule has 0 radical (unpaired) electrons. The maximum absolute atomic E-state index is 13.2. The van der Waals surface area contributed by atoms with Gasteiger partial charge in [-0.1, -0.05) is 18.2 Å². The molecule has 0 aliphatic rings. The van der Waals surface area contributed by atoms with E-state index >= 15 is 0 Å². The molecular formula is C16H10F2N2O. The van der Waals surface area contributed by atoms with E-state index in [9.17, 15) is 13.6 Å². The number of hydrogen-bond acceptors (Lipinski definition) is 2. The van der Waals surface area contributed by atoms with Gasteiger partial charge in [0.2, 0.25) is 5.78 Å². The Labute approximate surface area is 119 Å². The summed E-state index contributed by atoms with van der Waals surface area (Å²) in [5.74, 6) is -2.07. The van der Waals surface area contributed by atoms with Crippen LogP contribution in [0.25, 0.3) is 5.69 Å². The molecule has 0 saturated carbocycles. The normalized spacial score (nSPS) is 10.6. The highest BCUT2D eigenvalue weighted by Gasteiger charge is 2.17. The molecule has 1 heterocycles. The second-order valence-corrected chi connectivity index (χ2v) is 4.45. The number of ketones is 1. The van der Waals surface area contributed by atoms with Gasteiger partial charge in [0.1, 0.15) is 17.3 Å². The van der Waals surface area contributed by atoms with Crippen molar-refractivity contribution in [3.05, 3.63) is 83.7 Å². The molecule has 3 nitrogen and oxygen atoms in total. The first-order chi connectivity index (χ1) is 10.1. The molecule has 0 fully saturated rings. The number of carbonyl (C=O) groups is 1. The van der Waals surface area contributed by atoms with Gasteiger partial charge in [-0.15, -0.1) is 0 Å². The molecule has 104 valence electrons. The zero-order chi connectivity index (χ0) is 14.8. The number of aromatic nitrogens is 2. The molecule has 5 heteroatoms. The summed E-state index contributed by atoms with van der Waals surface area (Å²) < 4.78 is 27.9. The van der Waals surface area contributed by atoms with E-state index in [0.717, 1.165) is 18.2 Å². The fourth-order valence-electron chi connectivity index (χ4n) is 2.08. The van der Waals surface area contributed by atoms with Gasteiger partial charge < -0.3 is 0 Å². The van der Waals surface area contributed by atoms with Crippen LogP contribution in [0.2, 0.25) is 0 Å². The molecule has 3 aromatic rings. The molecule has 3 rings (SSSR count). The van der Waals surface area contributed by atoms with Gasteiger partial charge in [-0.25, -0.2) is 13.5 Å². The Kier molecular flexibility index (Phi) is 3.31. The quantitative estimate of drug-likeness (QED) is 0.691. The third-order valence-electron chi connectivity index (χ3n) is 3.00. The van der Waals surface area contributed by atoms with E-state index in [1.807, 2.05) is 18.2 Å². The van der Waals surface area contributed by atoms with Gasteiger partial charge >= 0.3 is 0 Å². The lowest BCUT2D eigenvalue weighted by molar-refractivity contribution is 0.103. The number of nitrogens with zero attached hydrogens (tertiary/aromatic N) is 2. The predicted molar refractivity (Wildman–Crippen MR) is 73.4 cm³/mol. The molecule has 0 saturated heterocycles. The van der Waals surface area contributed by atoms with E-state index in [2.05, 4.69) is 5.10 Å². The van der Waals surface area contributed by atoms with Gasteiger partial charge in [0, 0.05) is 11.6 Å². The first-order valence-corrected chi connectivity index (χ1v) is 6.25. The van der Waals surface area contributed by atoms with E-state index in [-0.39, 0.29) is 11.3 Å². The minimum atomic E-state index is -0.788. The monoisotopic (exact) mass is 284 g/mol. The van der Waals surface area contributed by atoms with Gasteiger partial charge in [-0.3, -0.25) is 4.79 Å². The standard InChI is InChI=1S/C16H10F2N2O/c17-12-8-11(9-13(18)10-12)16(21)15-6-7-19-20(15)14-4-2-1-3-5-14/h1-10H. The van der Waals surface area contributed by atoms with Crippen LogP contribution in [0.4, 0.5) is 8.78 Å². The van der Waals surface area contributed by atoms with E-state index in [1.165, 1.54) is 16.9 Å². The molecular weight excluding hydrogens is 274 g/mol. The average Bonchev–Trinajstić information content (AvgIpc) is 2.95. The van der Waals surface area contributed by atoms with Crippen LogP contribution in [-0.2, 0) is 0 Å². The van der Waals surface area contributed by atoms with Crippen LogP contribution in [-0.4, -0.2) is 15.6 Å². The summed E-state index contributed by atoms with van der Waals surface area (Å²) >= 11 is 0. The first-order valence-electron chi connectivity index (χ1n) is 6.25. The van der Waals surface area contributed by atoms with Crippen LogP contribution in [0.15, 0.2) is 60.8 Å². The fourth-order valence-corrected chi connectivity index (χ4v) is 2.08. The fraction of sp³-hybridized carbons (Fsp3) is 0. The lowest BCUT2D eigenvalue weighted by atomic mass is 10.1. The zero-order valence-corrected chi connectivity index (χ0v) is 10.8. The van der Waals surface area contributed by atoms with Crippen molar-refractivity contribution >= 4 is 5.78 Å². The summed E-state index contributed by atoms with van der Waals surface area (Å²) in [6.07, 6.45) is 1.47. The van der Waals surface area contributed by atoms with Crippen molar-refractivity contribution in [2.24, 2.45) is 0 Å². The molecule has 0 aliphatic carbocycles. The molecule has 0 spiro atoms. The van der Waals surface area contributed by atoms with Crippen LogP contribution in [0, 0.1) is 11.6 Å². The molecule has 2 aromatic carbocycles. The van der Waals surface area contributed by atoms with E-state index < -0.39 is 17.4 Å². The average molecular weight is 284 g/mol. The Bertz CT molecular complexity index is 777. The van der Waals surface area contributed by atoms with Gasteiger partial charge in [-0.05, 0) is 30.3 Å². The molecule has 0 amide bonds. The first kappa shape index (κ1) is 13.2. The number of halogens is 2. The minimum Gasteiger partial charge on any atom is -0.287 e. The third-order valence-corrected chi connectivity index (χ3v) is 3.00. The Balaban J connectivity index is 2.06. The van der Waals surface area contributed by atoms with Crippen molar-refractivity contribution in [1.29, 1.82) is 0 Å². The SMILES string of the molecule is O=C(c1cc(F)cc(F)c1)c1ccnn1-c1ccccc1. The van der Waals surface area contributed by atoms with Crippen LogP contribution >= 0.6 is 0 Å². The van der Waals surface area contributed by atoms with Crippen LogP contribution in [0.5, 0.6) is 0 Å². The van der Waals surface area contributed by atoms with Crippen molar-refractivity contribution in [2.45, 2.75) is 0 Å². The number of para-hydroxylation sites is 1. The second-order valence-electron chi connectivity index (χ2n) is 4.45. The third kappa shape index (κ3) is 2.58. The van der Waals surface area contributed by atoms with Gasteiger partial charge in [0.15, 0.2) is 0 Å². The summed E-state index contributed by atoms with van der Waals surface area (Å²) in [6, 6.07) is 13.3. The minimum absolute atomic E-state index is 0.0508. The molecule has 0 atom stereocenters. The highest BCUT2D eigenvalue weighted by atomic mass is 19.1. The van der Waals surface area contributed by atoms with E-state index in [0.29, 0.717) is 5.69 Å². The number of rotatable bonds is 3. The Morgan fingerprint density at radius 2 is 1.62 bits per heavy atom. The maximum Gasteiger partial charge on any atom is 0.211 e. The van der Waals surface area contributed by atoms with Crippen LogP contribution in [0.1, 0.15) is 16.1 Å². The number of benzene rings is 2. The number of carbonyl (C=O) groups excluding carboxylic acids is 1. The van der Waals surface area contributed by atoms with Crippen molar-refractivity contribution in [2.75, 3.05) is 0 Å². The van der Waals surface area contributed by atoms with Crippen molar-refractivity contribution < 1.29 is 13.6 Å². The highest BCUT2D eigenvalue weighted by molar-refractivity contribution is 6.08. The summed E-state index contributed by atoms with van der Waals surface area (Å²) in [6.45, 7) is 0. The topological polar surface area (TPSA) is 34.9 Å². The van der Waals surface area contributed by atoms with Gasteiger partial charge in [0.05, 0.1) is 11.9 Å². The molecule has 1 aromatic heterocycles. The lowest BCUT2D eigenvalue weighted by Gasteiger charge is -2.07. The predicted octanol–water partition coefficient (Wildman–Crippen LogP) is 3.38. The van der Waals surface area contributed by atoms with Crippen molar-refractivity contribution in [3.8, 4) is 5.69 Å². The zero-order valence-electron chi connectivity index (χ0n) is 10.8. The smallest absolute Gasteiger partial charge is 0.211 e. The molecule has 0 N–H and O–H groups in total. The van der Waals surface area contributed by atoms with Crippen molar-refractivity contribution in [1.82, 2.24) is 9.78 Å². The molecule has 0 aliphatic heterocycles. The number of hydrogen-bond donors (Lipinski definition) is 0. The second kappa shape index (κ2) is 5.28. The lowest BCUT2D eigenvalue weighted by Crippen LogP contribution is -2.10. The molecule has 0 unspecified atom stereocenters. The summed E-state index contributed by atoms with van der Waals surface area (Å²) in [4.78, 5) is 12.4. The Morgan fingerprint density at radius 1 is 0.952 bits per heavy atom. The summed E-state index contributed by atoms with van der Waals surface area (Å²) in [7, 11) is 0. The van der Waals surface area contributed by atoms with E-state index in [4.69, 9.17) is 0 Å². The molecule has 21 heavy (non-hydrogen) atoms. The highest BCUT2D eigenvalue weighted by Crippen LogP contribution is 2.16. The maximum atomic E-state index is 13.2. The Hall–Kier alpha value is -2.82. The van der Waals surface area contributed by atoms with Crippen LogP contribution in [0.3, 0.4) is 0 Å². The summed E-state index contributed by atoms with van der Waals surface area (Å²) in [5, 5.41) is 4.09. The molecule has 0 bridgehead atoms. The van der Waals surface area contributed by atoms with Crippen LogP contribution < -0.4 is 0 Å². The van der Waals surface area contributed by atoms with E-state index in [1.54, 1.807) is 12.1 Å². The largest absolute Gasteiger partial charge is 0.287 e. The Morgan fingerprint density at radius 3 is 2.29 bits per heavy atom. The van der Waals surface area contributed by atoms with Crippen molar-refractivity contribution in [3.63, 3.8) is 0 Å². The van der Waals surface area contributed by atoms with Gasteiger partial charge in [-0.2, -0.15) is 5.10 Å². The van der Waals surface area contributed by atoms with Gasteiger partial charge in [0.25, 0.3) is 0 Å². The summed E-state index contributed by atoms with van der Waals surface area (Å²) in [5.41, 5.74) is 0.888.